The Bertz CT molecular complexity index is 1290. The predicted molar refractivity (Wildman–Crippen MR) is 126 cm³/mol. The van der Waals surface area contributed by atoms with Gasteiger partial charge in [-0.3, -0.25) is 9.69 Å². The van der Waals surface area contributed by atoms with Gasteiger partial charge in [-0.15, -0.1) is 0 Å². The highest BCUT2D eigenvalue weighted by Crippen LogP contribution is 2.34. The molecule has 1 saturated heterocycles. The molecular weight excluding hydrogens is 452 g/mol. The van der Waals surface area contributed by atoms with Gasteiger partial charge in [-0.25, -0.2) is 9.59 Å². The van der Waals surface area contributed by atoms with Crippen molar-refractivity contribution in [1.82, 2.24) is 10.2 Å². The largest absolute Gasteiger partial charge is 0.493 e. The van der Waals surface area contributed by atoms with Crippen LogP contribution in [0.3, 0.4) is 0 Å². The number of furan rings is 1. The number of esters is 1. The second kappa shape index (κ2) is 10.2. The number of nitrogens with zero attached hydrogens (tertiary/aromatic N) is 1. The average Bonchev–Trinajstić information content (AvgIpc) is 3.44. The zero-order chi connectivity index (χ0) is 24.9. The standard InChI is InChI=1S/C26H24N2O7/c1-16-7-9-17(10-8-16)15-34-23-18(5-4-6-21(23)32-2)13-20-24(29)28(26(31)27-20)14-19-11-12-22(35-19)25(30)33-3/h4-13H,14-15H2,1-3H3,(H,27,31)/b20-13+. The Kier molecular flexibility index (Phi) is 6.86. The van der Waals surface area contributed by atoms with Crippen LogP contribution in [0, 0.1) is 6.92 Å². The summed E-state index contributed by atoms with van der Waals surface area (Å²) in [4.78, 5) is 38.0. The number of nitrogens with one attached hydrogen (secondary N) is 1. The van der Waals surface area contributed by atoms with Crippen molar-refractivity contribution in [3.05, 3.63) is 88.5 Å². The molecule has 1 fully saturated rings. The molecule has 35 heavy (non-hydrogen) atoms. The molecule has 0 bridgehead atoms. The summed E-state index contributed by atoms with van der Waals surface area (Å²) in [6.45, 7) is 2.16. The Hall–Kier alpha value is -4.53. The van der Waals surface area contributed by atoms with Gasteiger partial charge in [-0.05, 0) is 36.8 Å². The molecule has 2 aromatic carbocycles. The van der Waals surface area contributed by atoms with Crippen molar-refractivity contribution < 1.29 is 33.0 Å². The molecule has 1 aromatic heterocycles. The summed E-state index contributed by atoms with van der Waals surface area (Å²) in [5.74, 6) is -0.0115. The molecular formula is C26H24N2O7. The quantitative estimate of drug-likeness (QED) is 0.297. The Morgan fingerprint density at radius 1 is 1.06 bits per heavy atom. The maximum Gasteiger partial charge on any atom is 0.373 e. The number of amides is 3. The highest BCUT2D eigenvalue weighted by atomic mass is 16.5. The Labute approximate surface area is 201 Å². The third kappa shape index (κ3) is 5.19. The normalized spacial score (nSPS) is 14.3. The summed E-state index contributed by atoms with van der Waals surface area (Å²) in [7, 11) is 2.76. The highest BCUT2D eigenvalue weighted by Gasteiger charge is 2.34. The van der Waals surface area contributed by atoms with E-state index in [9.17, 15) is 14.4 Å². The van der Waals surface area contributed by atoms with Gasteiger partial charge >= 0.3 is 12.0 Å². The molecule has 0 aliphatic carbocycles. The molecule has 180 valence electrons. The van der Waals surface area contributed by atoms with Crippen molar-refractivity contribution in [3.8, 4) is 11.5 Å². The van der Waals surface area contributed by atoms with Gasteiger partial charge in [0, 0.05) is 5.56 Å². The number of benzene rings is 2. The second-order valence-electron chi connectivity index (χ2n) is 7.79. The van der Waals surface area contributed by atoms with Gasteiger partial charge < -0.3 is 23.9 Å². The van der Waals surface area contributed by atoms with Gasteiger partial charge in [0.1, 0.15) is 18.1 Å². The number of rotatable bonds is 8. The Morgan fingerprint density at radius 2 is 1.83 bits per heavy atom. The lowest BCUT2D eigenvalue weighted by atomic mass is 10.1. The van der Waals surface area contributed by atoms with E-state index >= 15 is 0 Å². The number of hydrogen-bond donors (Lipinski definition) is 1. The van der Waals surface area contributed by atoms with Crippen molar-refractivity contribution in [2.75, 3.05) is 14.2 Å². The van der Waals surface area contributed by atoms with Crippen LogP contribution in [-0.2, 0) is 22.7 Å². The van der Waals surface area contributed by atoms with Crippen molar-refractivity contribution in [2.24, 2.45) is 0 Å². The fourth-order valence-electron chi connectivity index (χ4n) is 3.50. The average molecular weight is 476 g/mol. The van der Waals surface area contributed by atoms with Crippen molar-refractivity contribution in [2.45, 2.75) is 20.1 Å². The van der Waals surface area contributed by atoms with Crippen LogP contribution in [0.4, 0.5) is 4.79 Å². The zero-order valence-electron chi connectivity index (χ0n) is 19.5. The van der Waals surface area contributed by atoms with E-state index in [0.29, 0.717) is 23.7 Å². The number of ether oxygens (including phenoxy) is 3. The lowest BCUT2D eigenvalue weighted by Gasteiger charge is -2.14. The molecule has 1 aliphatic rings. The minimum absolute atomic E-state index is 0.0166. The third-order valence-corrected chi connectivity index (χ3v) is 5.36. The molecule has 0 radical (unpaired) electrons. The number of carbonyl (C=O) groups excluding carboxylic acids is 3. The van der Waals surface area contributed by atoms with Gasteiger partial charge in [0.15, 0.2) is 11.5 Å². The molecule has 4 rings (SSSR count). The van der Waals surface area contributed by atoms with Crippen molar-refractivity contribution in [1.29, 1.82) is 0 Å². The fourth-order valence-corrected chi connectivity index (χ4v) is 3.50. The fraction of sp³-hybridized carbons (Fsp3) is 0.192. The van der Waals surface area contributed by atoms with Crippen LogP contribution in [0.25, 0.3) is 6.08 Å². The number of carbonyl (C=O) groups is 3. The predicted octanol–water partition coefficient (Wildman–Crippen LogP) is 4.06. The van der Waals surface area contributed by atoms with E-state index in [-0.39, 0.29) is 23.8 Å². The van der Waals surface area contributed by atoms with E-state index in [1.165, 1.54) is 32.4 Å². The Balaban J connectivity index is 1.55. The van der Waals surface area contributed by atoms with Gasteiger partial charge in [0.25, 0.3) is 5.91 Å². The first kappa shape index (κ1) is 23.6. The molecule has 1 N–H and O–H groups in total. The van der Waals surface area contributed by atoms with Crippen LogP contribution in [0.1, 0.15) is 33.0 Å². The van der Waals surface area contributed by atoms with Crippen LogP contribution in [-0.4, -0.2) is 37.0 Å². The first-order chi connectivity index (χ1) is 16.9. The topological polar surface area (TPSA) is 107 Å². The third-order valence-electron chi connectivity index (χ3n) is 5.36. The lowest BCUT2D eigenvalue weighted by molar-refractivity contribution is -0.123. The molecule has 2 heterocycles. The van der Waals surface area contributed by atoms with E-state index in [0.717, 1.165) is 16.0 Å². The molecule has 0 saturated carbocycles. The van der Waals surface area contributed by atoms with Gasteiger partial charge in [-0.2, -0.15) is 0 Å². The smallest absolute Gasteiger partial charge is 0.373 e. The van der Waals surface area contributed by atoms with E-state index in [1.54, 1.807) is 18.2 Å². The van der Waals surface area contributed by atoms with Gasteiger partial charge in [0.05, 0.1) is 20.8 Å². The molecule has 0 unspecified atom stereocenters. The summed E-state index contributed by atoms with van der Waals surface area (Å²) in [6.07, 6.45) is 1.54. The maximum absolute atomic E-state index is 13.0. The maximum atomic E-state index is 13.0. The number of para-hydroxylation sites is 1. The minimum atomic E-state index is -0.648. The summed E-state index contributed by atoms with van der Waals surface area (Å²) in [5.41, 5.74) is 2.75. The number of urea groups is 1. The second-order valence-corrected chi connectivity index (χ2v) is 7.79. The molecule has 0 spiro atoms. The summed E-state index contributed by atoms with van der Waals surface area (Å²) >= 11 is 0. The van der Waals surface area contributed by atoms with Gasteiger partial charge in [-0.1, -0.05) is 42.0 Å². The summed E-state index contributed by atoms with van der Waals surface area (Å²) < 4.78 is 21.5. The van der Waals surface area contributed by atoms with Crippen LogP contribution >= 0.6 is 0 Å². The first-order valence-corrected chi connectivity index (χ1v) is 10.8. The number of hydrogen-bond acceptors (Lipinski definition) is 7. The molecule has 3 aromatic rings. The van der Waals surface area contributed by atoms with Crippen LogP contribution in [0.2, 0.25) is 0 Å². The summed E-state index contributed by atoms with van der Waals surface area (Å²) in [6, 6.07) is 15.5. The first-order valence-electron chi connectivity index (χ1n) is 10.8. The van der Waals surface area contributed by atoms with Crippen molar-refractivity contribution >= 4 is 24.0 Å². The highest BCUT2D eigenvalue weighted by molar-refractivity contribution is 6.14. The molecule has 9 nitrogen and oxygen atoms in total. The zero-order valence-corrected chi connectivity index (χ0v) is 19.5. The van der Waals surface area contributed by atoms with Crippen LogP contribution in [0.5, 0.6) is 11.5 Å². The minimum Gasteiger partial charge on any atom is -0.493 e. The van der Waals surface area contributed by atoms with E-state index in [4.69, 9.17) is 13.9 Å². The van der Waals surface area contributed by atoms with E-state index in [2.05, 4.69) is 10.1 Å². The SMILES string of the molecule is COC(=O)c1ccc(CN2C(=O)N/C(=C/c3cccc(OC)c3OCc3ccc(C)cc3)C2=O)o1. The molecule has 0 atom stereocenters. The Morgan fingerprint density at radius 3 is 2.54 bits per heavy atom. The van der Waals surface area contributed by atoms with E-state index < -0.39 is 17.9 Å². The summed E-state index contributed by atoms with van der Waals surface area (Å²) in [5, 5.41) is 2.58. The lowest BCUT2D eigenvalue weighted by Crippen LogP contribution is -2.30. The van der Waals surface area contributed by atoms with Crippen LogP contribution in [0.15, 0.2) is 64.7 Å². The molecule has 1 aliphatic heterocycles. The number of methoxy groups -OCH3 is 2. The number of aryl methyl sites for hydroxylation is 1. The van der Waals surface area contributed by atoms with Crippen LogP contribution < -0.4 is 14.8 Å². The monoisotopic (exact) mass is 476 g/mol. The van der Waals surface area contributed by atoms with Crippen molar-refractivity contribution in [3.63, 3.8) is 0 Å². The van der Waals surface area contributed by atoms with Gasteiger partial charge in [0.2, 0.25) is 5.76 Å². The molecule has 3 amide bonds. The number of imide groups is 1. The molecule has 9 heteroatoms. The van der Waals surface area contributed by atoms with E-state index in [1.807, 2.05) is 31.2 Å².